The van der Waals surface area contributed by atoms with Gasteiger partial charge in [-0.15, -0.1) is 24.0 Å². The molecule has 5 nitrogen and oxygen atoms in total. The van der Waals surface area contributed by atoms with Gasteiger partial charge in [-0.25, -0.2) is 0 Å². The fourth-order valence-electron chi connectivity index (χ4n) is 2.06. The van der Waals surface area contributed by atoms with Crippen LogP contribution in [0, 0.1) is 0 Å². The van der Waals surface area contributed by atoms with Crippen molar-refractivity contribution in [3.8, 4) is 0 Å². The van der Waals surface area contributed by atoms with Gasteiger partial charge < -0.3 is 20.2 Å². The third-order valence-corrected chi connectivity index (χ3v) is 3.19. The van der Waals surface area contributed by atoms with E-state index in [-0.39, 0.29) is 24.0 Å². The maximum absolute atomic E-state index is 10.1. The molecule has 2 aromatic rings. The lowest BCUT2D eigenvalue weighted by molar-refractivity contribution is 0.187. The number of aliphatic imine (C=N–C) groups is 1. The van der Waals surface area contributed by atoms with E-state index < -0.39 is 6.10 Å². The number of benzene rings is 1. The molecular formula is C17H24IN3O2. The first kappa shape index (κ1) is 19.5. The van der Waals surface area contributed by atoms with Crippen molar-refractivity contribution in [2.24, 2.45) is 4.99 Å². The van der Waals surface area contributed by atoms with E-state index in [1.54, 1.807) is 6.26 Å². The molecule has 0 bridgehead atoms. The van der Waals surface area contributed by atoms with Gasteiger partial charge in [0.1, 0.15) is 5.76 Å². The van der Waals surface area contributed by atoms with E-state index in [1.165, 1.54) is 0 Å². The second-order valence-electron chi connectivity index (χ2n) is 4.90. The Morgan fingerprint density at radius 3 is 2.61 bits per heavy atom. The molecule has 0 spiro atoms. The standard InChI is InChI=1S/C17H23N3O2.HI/c1-2-18-17(19-11-10-15-9-6-12-22-15)20-13-16(21)14-7-4-3-5-8-14;/h3-9,12,16,21H,2,10-11,13H2,1H3,(H2,18,19,20);1H. The van der Waals surface area contributed by atoms with Gasteiger partial charge in [-0.05, 0) is 24.6 Å². The quantitative estimate of drug-likeness (QED) is 0.360. The minimum atomic E-state index is -0.596. The minimum Gasteiger partial charge on any atom is -0.469 e. The Morgan fingerprint density at radius 2 is 1.96 bits per heavy atom. The first-order valence-electron chi connectivity index (χ1n) is 7.57. The number of nitrogens with zero attached hydrogens (tertiary/aromatic N) is 1. The second-order valence-corrected chi connectivity index (χ2v) is 4.90. The van der Waals surface area contributed by atoms with Gasteiger partial charge >= 0.3 is 0 Å². The zero-order chi connectivity index (χ0) is 15.6. The van der Waals surface area contributed by atoms with E-state index in [9.17, 15) is 5.11 Å². The Morgan fingerprint density at radius 1 is 1.17 bits per heavy atom. The molecule has 0 saturated carbocycles. The van der Waals surface area contributed by atoms with Crippen LogP contribution in [0.5, 0.6) is 0 Å². The van der Waals surface area contributed by atoms with Gasteiger partial charge in [0.2, 0.25) is 0 Å². The van der Waals surface area contributed by atoms with E-state index in [1.807, 2.05) is 49.4 Å². The van der Waals surface area contributed by atoms with Crippen molar-refractivity contribution in [1.82, 2.24) is 10.6 Å². The second kappa shape index (κ2) is 11.1. The topological polar surface area (TPSA) is 69.8 Å². The van der Waals surface area contributed by atoms with Crippen molar-refractivity contribution in [2.45, 2.75) is 19.4 Å². The zero-order valence-electron chi connectivity index (χ0n) is 13.2. The molecule has 0 radical (unpaired) electrons. The summed E-state index contributed by atoms with van der Waals surface area (Å²) in [4.78, 5) is 4.42. The average molecular weight is 429 g/mol. The Hall–Kier alpha value is -1.54. The van der Waals surface area contributed by atoms with Crippen LogP contribution in [0.1, 0.15) is 24.4 Å². The number of hydrogen-bond donors (Lipinski definition) is 3. The number of furan rings is 1. The molecule has 23 heavy (non-hydrogen) atoms. The minimum absolute atomic E-state index is 0. The maximum atomic E-state index is 10.1. The van der Waals surface area contributed by atoms with Gasteiger partial charge in [0.15, 0.2) is 5.96 Å². The highest BCUT2D eigenvalue weighted by Crippen LogP contribution is 2.11. The number of rotatable bonds is 7. The molecule has 1 aromatic heterocycles. The van der Waals surface area contributed by atoms with Crippen LogP contribution >= 0.6 is 24.0 Å². The first-order chi connectivity index (χ1) is 10.8. The first-order valence-corrected chi connectivity index (χ1v) is 7.57. The van der Waals surface area contributed by atoms with E-state index in [0.717, 1.165) is 30.8 Å². The summed E-state index contributed by atoms with van der Waals surface area (Å²) >= 11 is 0. The zero-order valence-corrected chi connectivity index (χ0v) is 15.6. The molecule has 0 aliphatic heterocycles. The number of halogens is 1. The van der Waals surface area contributed by atoms with Crippen molar-refractivity contribution < 1.29 is 9.52 Å². The summed E-state index contributed by atoms with van der Waals surface area (Å²) in [5, 5.41) is 16.5. The summed E-state index contributed by atoms with van der Waals surface area (Å²) in [6, 6.07) is 13.4. The fourth-order valence-corrected chi connectivity index (χ4v) is 2.06. The molecule has 3 N–H and O–H groups in total. The van der Waals surface area contributed by atoms with Crippen LogP contribution in [0.3, 0.4) is 0 Å². The van der Waals surface area contributed by atoms with Gasteiger partial charge in [0.05, 0.1) is 18.9 Å². The molecule has 0 aliphatic carbocycles. The third-order valence-electron chi connectivity index (χ3n) is 3.19. The summed E-state index contributed by atoms with van der Waals surface area (Å²) in [6.07, 6.45) is 1.87. The summed E-state index contributed by atoms with van der Waals surface area (Å²) in [5.41, 5.74) is 0.873. The summed E-state index contributed by atoms with van der Waals surface area (Å²) in [7, 11) is 0. The monoisotopic (exact) mass is 429 g/mol. The molecule has 0 saturated heterocycles. The van der Waals surface area contributed by atoms with Crippen LogP contribution in [0.4, 0.5) is 0 Å². The van der Waals surface area contributed by atoms with Crippen molar-refractivity contribution >= 4 is 29.9 Å². The molecule has 1 unspecified atom stereocenters. The van der Waals surface area contributed by atoms with Gasteiger partial charge in [0.25, 0.3) is 0 Å². The summed E-state index contributed by atoms with van der Waals surface area (Å²) in [6.45, 7) is 3.83. The molecule has 1 heterocycles. The molecule has 0 fully saturated rings. The van der Waals surface area contributed by atoms with Gasteiger partial charge in [-0.1, -0.05) is 30.3 Å². The third kappa shape index (κ3) is 7.04. The molecular weight excluding hydrogens is 405 g/mol. The number of guanidine groups is 1. The van der Waals surface area contributed by atoms with Gasteiger partial charge in [-0.2, -0.15) is 0 Å². The highest BCUT2D eigenvalue weighted by molar-refractivity contribution is 14.0. The van der Waals surface area contributed by atoms with Crippen LogP contribution in [0.2, 0.25) is 0 Å². The van der Waals surface area contributed by atoms with Crippen LogP contribution < -0.4 is 10.6 Å². The van der Waals surface area contributed by atoms with Crippen LogP contribution in [-0.2, 0) is 6.42 Å². The van der Waals surface area contributed by atoms with E-state index >= 15 is 0 Å². The van der Waals surface area contributed by atoms with Crippen LogP contribution in [0.25, 0.3) is 0 Å². The predicted molar refractivity (Wildman–Crippen MR) is 103 cm³/mol. The lowest BCUT2D eigenvalue weighted by atomic mass is 10.1. The van der Waals surface area contributed by atoms with E-state index in [4.69, 9.17) is 4.42 Å². The van der Waals surface area contributed by atoms with Crippen molar-refractivity contribution in [3.05, 3.63) is 60.1 Å². The van der Waals surface area contributed by atoms with Crippen LogP contribution in [0.15, 0.2) is 58.1 Å². The lowest BCUT2D eigenvalue weighted by Crippen LogP contribution is -2.38. The molecule has 1 atom stereocenters. The summed E-state index contributed by atoms with van der Waals surface area (Å²) < 4.78 is 5.29. The number of aliphatic hydroxyl groups excluding tert-OH is 1. The fraction of sp³-hybridized carbons (Fsp3) is 0.353. The molecule has 6 heteroatoms. The molecule has 0 amide bonds. The van der Waals surface area contributed by atoms with Crippen molar-refractivity contribution in [3.63, 3.8) is 0 Å². The predicted octanol–water partition coefficient (Wildman–Crippen LogP) is 2.73. The van der Waals surface area contributed by atoms with Crippen molar-refractivity contribution in [1.29, 1.82) is 0 Å². The summed E-state index contributed by atoms with van der Waals surface area (Å²) in [5.74, 6) is 1.64. The molecule has 126 valence electrons. The smallest absolute Gasteiger partial charge is 0.191 e. The molecule has 2 rings (SSSR count). The SMILES string of the molecule is CCNC(=NCC(O)c1ccccc1)NCCc1ccco1.I. The van der Waals surface area contributed by atoms with E-state index in [0.29, 0.717) is 12.5 Å². The number of aliphatic hydroxyl groups is 1. The highest BCUT2D eigenvalue weighted by Gasteiger charge is 2.06. The maximum Gasteiger partial charge on any atom is 0.191 e. The highest BCUT2D eigenvalue weighted by atomic mass is 127. The molecule has 0 aliphatic rings. The Balaban J connectivity index is 0.00000264. The molecule has 1 aromatic carbocycles. The Bertz CT molecular complexity index is 558. The largest absolute Gasteiger partial charge is 0.469 e. The van der Waals surface area contributed by atoms with Gasteiger partial charge in [-0.3, -0.25) is 4.99 Å². The lowest BCUT2D eigenvalue weighted by Gasteiger charge is -2.13. The normalized spacial score (nSPS) is 12.3. The van der Waals surface area contributed by atoms with Crippen molar-refractivity contribution in [2.75, 3.05) is 19.6 Å². The van der Waals surface area contributed by atoms with Crippen LogP contribution in [-0.4, -0.2) is 30.7 Å². The number of nitrogens with one attached hydrogen (secondary N) is 2. The van der Waals surface area contributed by atoms with Gasteiger partial charge in [0, 0.05) is 19.5 Å². The Labute approximate surface area is 154 Å². The number of hydrogen-bond acceptors (Lipinski definition) is 3. The average Bonchev–Trinajstić information content (AvgIpc) is 3.06. The Kier molecular flexibility index (Phi) is 9.39. The van der Waals surface area contributed by atoms with E-state index in [2.05, 4.69) is 15.6 Å².